The summed E-state index contributed by atoms with van der Waals surface area (Å²) in [6.45, 7) is 0. The Kier molecular flexibility index (Phi) is 3.83. The zero-order chi connectivity index (χ0) is 15.4. The maximum atomic E-state index is 10.6. The summed E-state index contributed by atoms with van der Waals surface area (Å²) in [5.74, 6) is -0.135. The second-order valence-corrected chi connectivity index (χ2v) is 4.77. The van der Waals surface area contributed by atoms with Crippen LogP contribution in [0.4, 0.5) is 22.7 Å². The Morgan fingerprint density at radius 1 is 0.727 bits per heavy atom. The van der Waals surface area contributed by atoms with Crippen LogP contribution in [0.25, 0.3) is 0 Å². The summed E-state index contributed by atoms with van der Waals surface area (Å²) >= 11 is 0. The maximum Gasteiger partial charge on any atom is 0.149 e. The van der Waals surface area contributed by atoms with Gasteiger partial charge in [-0.2, -0.15) is 0 Å². The van der Waals surface area contributed by atoms with Crippen LogP contribution in [0.2, 0.25) is 0 Å². The van der Waals surface area contributed by atoms with Crippen LogP contribution in [-0.4, -0.2) is 5.11 Å². The molecule has 1 N–H and O–H groups in total. The van der Waals surface area contributed by atoms with Crippen LogP contribution >= 0.6 is 0 Å². The summed E-state index contributed by atoms with van der Waals surface area (Å²) in [6, 6.07) is 24.4. The van der Waals surface area contributed by atoms with E-state index in [-0.39, 0.29) is 11.4 Å². The molecule has 0 saturated heterocycles. The molecule has 0 radical (unpaired) electrons. The highest BCUT2D eigenvalue weighted by Gasteiger charge is 2.13. The van der Waals surface area contributed by atoms with Gasteiger partial charge in [0, 0.05) is 23.1 Å². The van der Waals surface area contributed by atoms with E-state index in [1.54, 1.807) is 6.07 Å². The predicted molar refractivity (Wildman–Crippen MR) is 88.2 cm³/mol. The lowest BCUT2D eigenvalue weighted by Gasteiger charge is -2.25. The molecule has 0 heterocycles. The number of hydrogen-bond donors (Lipinski definition) is 1. The van der Waals surface area contributed by atoms with Crippen molar-refractivity contribution in [2.75, 3.05) is 4.90 Å². The van der Waals surface area contributed by atoms with Crippen molar-refractivity contribution in [1.82, 2.24) is 0 Å². The molecule has 22 heavy (non-hydrogen) atoms. The smallest absolute Gasteiger partial charge is 0.149 e. The van der Waals surface area contributed by atoms with Gasteiger partial charge in [0.2, 0.25) is 0 Å². The summed E-state index contributed by atoms with van der Waals surface area (Å²) in [6.07, 6.45) is 0. The van der Waals surface area contributed by atoms with E-state index >= 15 is 0 Å². The number of hydrogen-bond acceptors (Lipinski definition) is 4. The second kappa shape index (κ2) is 6.10. The Morgan fingerprint density at radius 3 is 1.73 bits per heavy atom. The number of nitrogens with zero attached hydrogens (tertiary/aromatic N) is 2. The van der Waals surface area contributed by atoms with Gasteiger partial charge in [0.05, 0.1) is 0 Å². The Balaban J connectivity index is 2.14. The average Bonchev–Trinajstić information content (AvgIpc) is 2.57. The molecule has 0 fully saturated rings. The molecule has 3 aromatic carbocycles. The molecule has 0 aliphatic carbocycles. The van der Waals surface area contributed by atoms with Gasteiger partial charge in [0.1, 0.15) is 11.4 Å². The topological polar surface area (TPSA) is 52.9 Å². The summed E-state index contributed by atoms with van der Waals surface area (Å²) in [5.41, 5.74) is 2.70. The standard InChI is InChI=1S/C18H14N2O2/c21-18-13-16(11-12-17(18)19-22)20(14-7-3-1-4-8-14)15-9-5-2-6-10-15/h1-13,21H. The van der Waals surface area contributed by atoms with Gasteiger partial charge in [-0.25, -0.2) is 0 Å². The van der Waals surface area contributed by atoms with E-state index in [4.69, 9.17) is 0 Å². The number of benzene rings is 3. The molecule has 0 amide bonds. The molecule has 0 aliphatic rings. The molecule has 0 saturated carbocycles. The van der Waals surface area contributed by atoms with Gasteiger partial charge in [-0.05, 0) is 41.6 Å². The molecular weight excluding hydrogens is 276 g/mol. The van der Waals surface area contributed by atoms with E-state index in [1.807, 2.05) is 65.6 Å². The van der Waals surface area contributed by atoms with Gasteiger partial charge in [-0.15, -0.1) is 4.91 Å². The number of anilines is 3. The van der Waals surface area contributed by atoms with Crippen molar-refractivity contribution < 1.29 is 5.11 Å². The molecule has 0 bridgehead atoms. The number of aromatic hydroxyl groups is 1. The number of phenols is 1. The van der Waals surface area contributed by atoms with Gasteiger partial charge >= 0.3 is 0 Å². The van der Waals surface area contributed by atoms with Crippen molar-refractivity contribution in [1.29, 1.82) is 0 Å². The minimum atomic E-state index is -0.135. The summed E-state index contributed by atoms with van der Waals surface area (Å²) in [5, 5.41) is 12.7. The first kappa shape index (κ1) is 13.8. The molecular formula is C18H14N2O2. The third-order valence-corrected chi connectivity index (χ3v) is 3.34. The largest absolute Gasteiger partial charge is 0.505 e. The van der Waals surface area contributed by atoms with E-state index in [9.17, 15) is 10.0 Å². The first-order valence-electron chi connectivity index (χ1n) is 6.86. The SMILES string of the molecule is O=Nc1ccc(N(c2ccccc2)c2ccccc2)cc1O. The van der Waals surface area contributed by atoms with Gasteiger partial charge in [-0.1, -0.05) is 36.4 Å². The Labute approximate surface area is 128 Å². The highest BCUT2D eigenvalue weighted by Crippen LogP contribution is 2.38. The Bertz CT molecular complexity index is 734. The average molecular weight is 290 g/mol. The minimum absolute atomic E-state index is 0.0322. The van der Waals surface area contributed by atoms with Crippen molar-refractivity contribution in [3.05, 3.63) is 83.8 Å². The van der Waals surface area contributed by atoms with Gasteiger partial charge in [0.25, 0.3) is 0 Å². The number of nitroso groups, excluding NO2 is 1. The molecule has 0 spiro atoms. The fourth-order valence-corrected chi connectivity index (χ4v) is 2.33. The van der Waals surface area contributed by atoms with E-state index in [2.05, 4.69) is 5.18 Å². The van der Waals surface area contributed by atoms with Crippen molar-refractivity contribution >= 4 is 22.7 Å². The summed E-state index contributed by atoms with van der Waals surface area (Å²) in [7, 11) is 0. The zero-order valence-electron chi connectivity index (χ0n) is 11.8. The van der Waals surface area contributed by atoms with Crippen molar-refractivity contribution in [2.24, 2.45) is 5.18 Å². The first-order chi connectivity index (χ1) is 10.8. The van der Waals surface area contributed by atoms with Gasteiger partial charge in [0.15, 0.2) is 0 Å². The predicted octanol–water partition coefficient (Wildman–Crippen LogP) is 5.26. The van der Waals surface area contributed by atoms with Crippen molar-refractivity contribution in [3.63, 3.8) is 0 Å². The van der Waals surface area contributed by atoms with Gasteiger partial charge in [-0.3, -0.25) is 0 Å². The molecule has 4 heteroatoms. The Morgan fingerprint density at radius 2 is 1.27 bits per heavy atom. The van der Waals surface area contributed by atoms with Crippen LogP contribution in [0, 0.1) is 4.91 Å². The highest BCUT2D eigenvalue weighted by molar-refractivity contribution is 5.78. The quantitative estimate of drug-likeness (QED) is 0.667. The molecule has 4 nitrogen and oxygen atoms in total. The fourth-order valence-electron chi connectivity index (χ4n) is 2.33. The van der Waals surface area contributed by atoms with Crippen LogP contribution in [0.3, 0.4) is 0 Å². The lowest BCUT2D eigenvalue weighted by Crippen LogP contribution is -2.09. The normalized spacial score (nSPS) is 10.2. The third-order valence-electron chi connectivity index (χ3n) is 3.34. The highest BCUT2D eigenvalue weighted by atomic mass is 16.3. The van der Waals surface area contributed by atoms with Gasteiger partial charge < -0.3 is 10.0 Å². The van der Waals surface area contributed by atoms with E-state index < -0.39 is 0 Å². The van der Waals surface area contributed by atoms with Crippen LogP contribution in [0.5, 0.6) is 5.75 Å². The molecule has 3 aromatic rings. The molecule has 3 rings (SSSR count). The molecule has 0 unspecified atom stereocenters. The number of phenolic OH excluding ortho intramolecular Hbond substituents is 1. The van der Waals surface area contributed by atoms with E-state index in [0.717, 1.165) is 17.1 Å². The van der Waals surface area contributed by atoms with Crippen molar-refractivity contribution in [2.45, 2.75) is 0 Å². The monoisotopic (exact) mass is 290 g/mol. The molecule has 0 aliphatic heterocycles. The lowest BCUT2D eigenvalue weighted by molar-refractivity contribution is 0.477. The lowest BCUT2D eigenvalue weighted by atomic mass is 10.2. The van der Waals surface area contributed by atoms with Crippen LogP contribution in [0.1, 0.15) is 0 Å². The first-order valence-corrected chi connectivity index (χ1v) is 6.86. The number of rotatable bonds is 4. The zero-order valence-corrected chi connectivity index (χ0v) is 11.8. The maximum absolute atomic E-state index is 10.6. The molecule has 108 valence electrons. The van der Waals surface area contributed by atoms with Crippen LogP contribution in [-0.2, 0) is 0 Å². The van der Waals surface area contributed by atoms with Crippen molar-refractivity contribution in [3.8, 4) is 5.75 Å². The Hall–Kier alpha value is -3.14. The minimum Gasteiger partial charge on any atom is -0.505 e. The molecule has 0 atom stereocenters. The third kappa shape index (κ3) is 2.67. The van der Waals surface area contributed by atoms with Crippen LogP contribution in [0.15, 0.2) is 84.0 Å². The summed E-state index contributed by atoms with van der Waals surface area (Å²) in [4.78, 5) is 12.6. The fraction of sp³-hybridized carbons (Fsp3) is 0. The van der Waals surface area contributed by atoms with Crippen LogP contribution < -0.4 is 4.90 Å². The molecule has 0 aromatic heterocycles. The second-order valence-electron chi connectivity index (χ2n) is 4.77. The van der Waals surface area contributed by atoms with E-state index in [1.165, 1.54) is 12.1 Å². The summed E-state index contributed by atoms with van der Waals surface area (Å²) < 4.78 is 0. The van der Waals surface area contributed by atoms with E-state index in [0.29, 0.717) is 0 Å². The number of para-hydroxylation sites is 2.